The zero-order valence-electron chi connectivity index (χ0n) is 13.0. The third-order valence-electron chi connectivity index (χ3n) is 5.12. The molecular formula is C16H22F3N3O. The summed E-state index contributed by atoms with van der Waals surface area (Å²) in [5.74, 6) is -2.68. The number of hydrogen-bond donors (Lipinski definition) is 0. The van der Waals surface area contributed by atoms with Gasteiger partial charge in [-0.3, -0.25) is 9.48 Å². The number of amides is 1. The highest BCUT2D eigenvalue weighted by Crippen LogP contribution is 2.42. The van der Waals surface area contributed by atoms with Crippen molar-refractivity contribution in [2.75, 3.05) is 6.54 Å². The SMILES string of the molecule is O=C([C@@H]1CCCC[C@H]1C(F)(F)F)N1CCC[C@H]1Cn1cccn1. The molecule has 2 heterocycles. The number of carbonyl (C=O) groups excluding carboxylic acids is 1. The van der Waals surface area contributed by atoms with Crippen LogP contribution in [0.1, 0.15) is 38.5 Å². The van der Waals surface area contributed by atoms with Crippen molar-refractivity contribution in [1.82, 2.24) is 14.7 Å². The molecule has 2 aliphatic rings. The summed E-state index contributed by atoms with van der Waals surface area (Å²) >= 11 is 0. The predicted octanol–water partition coefficient (Wildman–Crippen LogP) is 3.24. The van der Waals surface area contributed by atoms with Gasteiger partial charge in [-0.2, -0.15) is 18.3 Å². The minimum Gasteiger partial charge on any atom is -0.338 e. The van der Waals surface area contributed by atoms with Gasteiger partial charge in [-0.05, 0) is 31.7 Å². The summed E-state index contributed by atoms with van der Waals surface area (Å²) in [6.07, 6.45) is 2.59. The summed E-state index contributed by atoms with van der Waals surface area (Å²) < 4.78 is 41.5. The Labute approximate surface area is 133 Å². The minimum absolute atomic E-state index is 0.0433. The van der Waals surface area contributed by atoms with Crippen LogP contribution >= 0.6 is 0 Å². The van der Waals surface area contributed by atoms with E-state index in [1.165, 1.54) is 0 Å². The van der Waals surface area contributed by atoms with Crippen LogP contribution in [0.25, 0.3) is 0 Å². The number of aromatic nitrogens is 2. The molecule has 2 fully saturated rings. The van der Waals surface area contributed by atoms with Crippen molar-refractivity contribution in [2.45, 2.75) is 57.3 Å². The first-order chi connectivity index (χ1) is 11.0. The first-order valence-corrected chi connectivity index (χ1v) is 8.31. The molecule has 23 heavy (non-hydrogen) atoms. The maximum absolute atomic E-state index is 13.3. The second kappa shape index (κ2) is 6.53. The molecule has 3 rings (SSSR count). The summed E-state index contributed by atoms with van der Waals surface area (Å²) in [4.78, 5) is 14.5. The third-order valence-corrected chi connectivity index (χ3v) is 5.12. The van der Waals surface area contributed by atoms with E-state index in [-0.39, 0.29) is 18.4 Å². The van der Waals surface area contributed by atoms with Crippen LogP contribution in [0.5, 0.6) is 0 Å². The molecule has 128 valence electrons. The normalized spacial score (nSPS) is 29.0. The van der Waals surface area contributed by atoms with E-state index < -0.39 is 18.0 Å². The average molecular weight is 329 g/mol. The maximum Gasteiger partial charge on any atom is 0.392 e. The van der Waals surface area contributed by atoms with E-state index in [0.717, 1.165) is 12.8 Å². The van der Waals surface area contributed by atoms with E-state index in [0.29, 0.717) is 32.4 Å². The molecule has 0 aromatic carbocycles. The molecule has 1 aromatic rings. The van der Waals surface area contributed by atoms with Gasteiger partial charge in [0, 0.05) is 24.9 Å². The number of hydrogen-bond acceptors (Lipinski definition) is 2. The van der Waals surface area contributed by atoms with E-state index in [2.05, 4.69) is 5.10 Å². The Morgan fingerprint density at radius 3 is 2.65 bits per heavy atom. The van der Waals surface area contributed by atoms with Crippen molar-refractivity contribution >= 4 is 5.91 Å². The standard InChI is InChI=1S/C16H22F3N3O/c17-16(18,19)14-7-2-1-6-13(14)15(23)22-10-3-5-12(22)11-21-9-4-8-20-21/h4,8-9,12-14H,1-3,5-7,10-11H2/t12-,13+,14+/m0/s1. The van der Waals surface area contributed by atoms with Gasteiger partial charge in [0.15, 0.2) is 0 Å². The largest absolute Gasteiger partial charge is 0.392 e. The molecule has 0 unspecified atom stereocenters. The number of nitrogens with zero attached hydrogens (tertiary/aromatic N) is 3. The Bertz CT molecular complexity index is 529. The number of halogens is 3. The Balaban J connectivity index is 1.72. The summed E-state index contributed by atoms with van der Waals surface area (Å²) in [5.41, 5.74) is 0. The monoisotopic (exact) mass is 329 g/mol. The van der Waals surface area contributed by atoms with Crippen molar-refractivity contribution in [3.63, 3.8) is 0 Å². The zero-order chi connectivity index (χ0) is 16.4. The number of rotatable bonds is 3. The smallest absolute Gasteiger partial charge is 0.338 e. The molecule has 7 heteroatoms. The molecule has 0 bridgehead atoms. The number of carbonyl (C=O) groups is 1. The first-order valence-electron chi connectivity index (χ1n) is 8.31. The summed E-state index contributed by atoms with van der Waals surface area (Å²) in [6.45, 7) is 1.12. The molecule has 1 aliphatic heterocycles. The van der Waals surface area contributed by atoms with Crippen LogP contribution in [-0.2, 0) is 11.3 Å². The lowest BCUT2D eigenvalue weighted by atomic mass is 9.78. The third kappa shape index (κ3) is 3.53. The highest BCUT2D eigenvalue weighted by atomic mass is 19.4. The van der Waals surface area contributed by atoms with Gasteiger partial charge in [-0.15, -0.1) is 0 Å². The second-order valence-electron chi connectivity index (χ2n) is 6.59. The summed E-state index contributed by atoms with van der Waals surface area (Å²) in [5, 5.41) is 4.14. The van der Waals surface area contributed by atoms with Crippen LogP contribution in [0.3, 0.4) is 0 Å². The Kier molecular flexibility index (Phi) is 4.64. The van der Waals surface area contributed by atoms with Gasteiger partial charge in [0.25, 0.3) is 0 Å². The van der Waals surface area contributed by atoms with E-state index in [1.54, 1.807) is 15.8 Å². The van der Waals surface area contributed by atoms with Gasteiger partial charge in [0.2, 0.25) is 5.91 Å². The molecule has 4 nitrogen and oxygen atoms in total. The molecular weight excluding hydrogens is 307 g/mol. The van der Waals surface area contributed by atoms with E-state index in [9.17, 15) is 18.0 Å². The fourth-order valence-electron chi connectivity index (χ4n) is 3.97. The van der Waals surface area contributed by atoms with Crippen molar-refractivity contribution < 1.29 is 18.0 Å². The van der Waals surface area contributed by atoms with Crippen LogP contribution in [-0.4, -0.2) is 39.4 Å². The molecule has 1 aliphatic carbocycles. The zero-order valence-corrected chi connectivity index (χ0v) is 13.0. The minimum atomic E-state index is -4.28. The highest BCUT2D eigenvalue weighted by Gasteiger charge is 2.49. The van der Waals surface area contributed by atoms with Crippen LogP contribution < -0.4 is 0 Å². The highest BCUT2D eigenvalue weighted by molar-refractivity contribution is 5.80. The Morgan fingerprint density at radius 1 is 1.17 bits per heavy atom. The van der Waals surface area contributed by atoms with Crippen LogP contribution in [0, 0.1) is 11.8 Å². The van der Waals surface area contributed by atoms with Gasteiger partial charge >= 0.3 is 6.18 Å². The van der Waals surface area contributed by atoms with E-state index in [4.69, 9.17) is 0 Å². The van der Waals surface area contributed by atoms with E-state index >= 15 is 0 Å². The lowest BCUT2D eigenvalue weighted by Crippen LogP contribution is -2.47. The fourth-order valence-corrected chi connectivity index (χ4v) is 3.97. The molecule has 3 atom stereocenters. The lowest BCUT2D eigenvalue weighted by molar-refractivity contribution is -0.201. The van der Waals surface area contributed by atoms with Gasteiger partial charge < -0.3 is 4.90 Å². The van der Waals surface area contributed by atoms with Crippen molar-refractivity contribution in [3.05, 3.63) is 18.5 Å². The Morgan fingerprint density at radius 2 is 1.96 bits per heavy atom. The van der Waals surface area contributed by atoms with Crippen LogP contribution in [0.4, 0.5) is 13.2 Å². The number of alkyl halides is 3. The molecule has 1 amide bonds. The molecule has 0 spiro atoms. The van der Waals surface area contributed by atoms with Crippen LogP contribution in [0.15, 0.2) is 18.5 Å². The Hall–Kier alpha value is -1.53. The molecule has 0 radical (unpaired) electrons. The van der Waals surface area contributed by atoms with Crippen LogP contribution in [0.2, 0.25) is 0 Å². The number of likely N-dealkylation sites (tertiary alicyclic amines) is 1. The molecule has 1 aromatic heterocycles. The van der Waals surface area contributed by atoms with E-state index in [1.807, 2.05) is 12.3 Å². The topological polar surface area (TPSA) is 38.1 Å². The van der Waals surface area contributed by atoms with Gasteiger partial charge in [-0.25, -0.2) is 0 Å². The molecule has 1 saturated carbocycles. The lowest BCUT2D eigenvalue weighted by Gasteiger charge is -2.36. The quantitative estimate of drug-likeness (QED) is 0.854. The van der Waals surface area contributed by atoms with Crippen molar-refractivity contribution in [2.24, 2.45) is 11.8 Å². The second-order valence-corrected chi connectivity index (χ2v) is 6.59. The molecule has 1 saturated heterocycles. The average Bonchev–Trinajstić information content (AvgIpc) is 3.18. The maximum atomic E-state index is 13.3. The molecule has 0 N–H and O–H groups in total. The summed E-state index contributed by atoms with van der Waals surface area (Å²) in [6, 6.07) is 1.76. The van der Waals surface area contributed by atoms with Crippen molar-refractivity contribution in [3.8, 4) is 0 Å². The van der Waals surface area contributed by atoms with Gasteiger partial charge in [-0.1, -0.05) is 12.8 Å². The summed E-state index contributed by atoms with van der Waals surface area (Å²) in [7, 11) is 0. The van der Waals surface area contributed by atoms with Crippen molar-refractivity contribution in [1.29, 1.82) is 0 Å². The fraction of sp³-hybridized carbons (Fsp3) is 0.750. The van der Waals surface area contributed by atoms with Gasteiger partial charge in [0.1, 0.15) is 0 Å². The predicted molar refractivity (Wildman–Crippen MR) is 78.5 cm³/mol. The first kappa shape index (κ1) is 16.3. The van der Waals surface area contributed by atoms with Gasteiger partial charge in [0.05, 0.1) is 18.5 Å².